The van der Waals surface area contributed by atoms with Crippen LogP contribution < -0.4 is 5.73 Å². The number of rotatable bonds is 5. The highest BCUT2D eigenvalue weighted by Gasteiger charge is 2.45. The number of thiophene rings is 1. The van der Waals surface area contributed by atoms with Crippen LogP contribution in [0.3, 0.4) is 0 Å². The van der Waals surface area contributed by atoms with E-state index in [0.29, 0.717) is 17.8 Å². The Morgan fingerprint density at radius 2 is 1.97 bits per heavy atom. The molecule has 9 nitrogen and oxygen atoms in total. The summed E-state index contributed by atoms with van der Waals surface area (Å²) in [5.74, 6) is -0.946. The average molecular weight is 510 g/mol. The minimum atomic E-state index is -0.884. The molecule has 2 aliphatic rings. The van der Waals surface area contributed by atoms with Crippen LogP contribution in [0.2, 0.25) is 0 Å². The fraction of sp³-hybridized carbons (Fsp3) is 0.308. The highest BCUT2D eigenvalue weighted by atomic mass is 32.1. The number of ketones is 1. The van der Waals surface area contributed by atoms with Crippen molar-refractivity contribution in [3.8, 4) is 16.2 Å². The molecule has 10 heteroatoms. The lowest BCUT2D eigenvalue weighted by atomic mass is 9.96. The van der Waals surface area contributed by atoms with Gasteiger partial charge in [0, 0.05) is 29.4 Å². The summed E-state index contributed by atoms with van der Waals surface area (Å²) >= 11 is 1.25. The fourth-order valence-corrected chi connectivity index (χ4v) is 5.18. The van der Waals surface area contributed by atoms with Gasteiger partial charge in [0.2, 0.25) is 5.91 Å². The van der Waals surface area contributed by atoms with Crippen LogP contribution in [0.15, 0.2) is 60.9 Å². The summed E-state index contributed by atoms with van der Waals surface area (Å²) < 4.78 is 5.45. The molecule has 0 radical (unpaired) electrons. The second-order valence-electron chi connectivity index (χ2n) is 8.62. The topological polar surface area (TPSA) is 143 Å². The van der Waals surface area contributed by atoms with Gasteiger partial charge in [-0.2, -0.15) is 0 Å². The molecule has 0 bridgehead atoms. The number of aromatic hydroxyl groups is 1. The summed E-state index contributed by atoms with van der Waals surface area (Å²) in [5, 5.41) is 18.0. The highest BCUT2D eigenvalue weighted by molar-refractivity contribution is 7.17. The van der Waals surface area contributed by atoms with Gasteiger partial charge in [0.25, 0.3) is 0 Å². The molecule has 3 aromatic rings. The van der Waals surface area contributed by atoms with Crippen molar-refractivity contribution < 1.29 is 29.3 Å². The van der Waals surface area contributed by atoms with E-state index in [9.17, 15) is 19.5 Å². The third-order valence-corrected chi connectivity index (χ3v) is 7.22. The van der Waals surface area contributed by atoms with Gasteiger partial charge in [-0.1, -0.05) is 18.2 Å². The molecule has 2 fully saturated rings. The van der Waals surface area contributed by atoms with Gasteiger partial charge >= 0.3 is 5.97 Å². The quantitative estimate of drug-likeness (QED) is 0.476. The number of carboxylic acid groups (broad SMARTS) is 1. The van der Waals surface area contributed by atoms with Crippen LogP contribution in [0.1, 0.15) is 28.1 Å². The van der Waals surface area contributed by atoms with Crippen molar-refractivity contribution >= 4 is 29.0 Å². The SMILES string of the molecule is NC(Cc1ccc(O)cc1)C(=O)N1CCCC2OCC(=O)C21.O=C(O)c1ccc(-c2cccnc2)s1. The number of phenolic OH excluding ortho intramolecular Hbond substituents is 1. The van der Waals surface area contributed by atoms with Crippen LogP contribution in [0.4, 0.5) is 0 Å². The molecule has 3 unspecified atom stereocenters. The monoisotopic (exact) mass is 509 g/mol. The molecule has 4 heterocycles. The number of nitrogens with two attached hydrogens (primary N) is 1. The van der Waals surface area contributed by atoms with Crippen LogP contribution >= 0.6 is 11.3 Å². The molecule has 2 aliphatic heterocycles. The fourth-order valence-electron chi connectivity index (χ4n) is 4.34. The minimum Gasteiger partial charge on any atom is -0.508 e. The maximum absolute atomic E-state index is 12.6. The van der Waals surface area contributed by atoms with Crippen LogP contribution in [-0.4, -0.2) is 69.1 Å². The minimum absolute atomic E-state index is 0.0325. The van der Waals surface area contributed by atoms with Gasteiger partial charge in [-0.3, -0.25) is 14.6 Å². The molecule has 0 aliphatic carbocycles. The molecule has 5 rings (SSSR count). The lowest BCUT2D eigenvalue weighted by molar-refractivity contribution is -0.141. The van der Waals surface area contributed by atoms with Crippen molar-refractivity contribution in [2.75, 3.05) is 13.2 Å². The Kier molecular flexibility index (Phi) is 8.09. The van der Waals surface area contributed by atoms with E-state index in [1.54, 1.807) is 53.7 Å². The molecule has 2 aromatic heterocycles. The van der Waals surface area contributed by atoms with Crippen molar-refractivity contribution in [2.24, 2.45) is 5.73 Å². The average Bonchev–Trinajstić information content (AvgIpc) is 3.54. The van der Waals surface area contributed by atoms with E-state index in [-0.39, 0.29) is 30.2 Å². The number of likely N-dealkylation sites (tertiary alicyclic amines) is 1. The molecule has 1 amide bonds. The third kappa shape index (κ3) is 5.96. The predicted molar refractivity (Wildman–Crippen MR) is 134 cm³/mol. The van der Waals surface area contributed by atoms with Crippen LogP contribution in [-0.2, 0) is 20.7 Å². The lowest BCUT2D eigenvalue weighted by Crippen LogP contribution is -2.56. The number of pyridine rings is 1. The number of piperidine rings is 1. The van der Waals surface area contributed by atoms with Gasteiger partial charge in [0.1, 0.15) is 23.3 Å². The zero-order chi connectivity index (χ0) is 25.7. The number of amides is 1. The first-order valence-corrected chi connectivity index (χ1v) is 12.4. The number of carboxylic acids is 1. The number of aromatic carboxylic acids is 1. The first-order valence-electron chi connectivity index (χ1n) is 11.6. The Hall–Kier alpha value is -3.60. The molecule has 3 atom stereocenters. The number of Topliss-reactive ketones (excluding diaryl/α,β-unsaturated/α-hetero) is 1. The van der Waals surface area contributed by atoms with Gasteiger partial charge in [-0.05, 0) is 55.2 Å². The summed E-state index contributed by atoms with van der Waals surface area (Å²) in [6.07, 6.45) is 5.25. The number of hydrogen-bond donors (Lipinski definition) is 3. The smallest absolute Gasteiger partial charge is 0.345 e. The largest absolute Gasteiger partial charge is 0.508 e. The molecule has 36 heavy (non-hydrogen) atoms. The summed E-state index contributed by atoms with van der Waals surface area (Å²) in [6, 6.07) is 12.6. The molecule has 4 N–H and O–H groups in total. The normalized spacial score (nSPS) is 19.7. The second kappa shape index (κ2) is 11.4. The van der Waals surface area contributed by atoms with Gasteiger partial charge < -0.3 is 25.6 Å². The number of carbonyl (C=O) groups is 3. The number of benzene rings is 1. The molecule has 188 valence electrons. The first-order chi connectivity index (χ1) is 17.3. The number of aromatic nitrogens is 1. The van der Waals surface area contributed by atoms with Gasteiger partial charge in [0.15, 0.2) is 5.78 Å². The van der Waals surface area contributed by atoms with E-state index in [4.69, 9.17) is 15.6 Å². The van der Waals surface area contributed by atoms with Gasteiger partial charge in [-0.25, -0.2) is 4.79 Å². The number of hydrogen-bond acceptors (Lipinski definition) is 8. The van der Waals surface area contributed by atoms with Crippen molar-refractivity contribution in [3.63, 3.8) is 0 Å². The number of phenols is 1. The highest BCUT2D eigenvalue weighted by Crippen LogP contribution is 2.28. The lowest BCUT2D eigenvalue weighted by Gasteiger charge is -2.36. The molecule has 2 saturated heterocycles. The Bertz CT molecular complexity index is 1210. The summed E-state index contributed by atoms with van der Waals surface area (Å²) in [5.41, 5.74) is 7.87. The Morgan fingerprint density at radius 1 is 1.19 bits per heavy atom. The molecule has 0 saturated carbocycles. The molecule has 0 spiro atoms. The van der Waals surface area contributed by atoms with Crippen LogP contribution in [0.5, 0.6) is 5.75 Å². The molecule has 1 aromatic carbocycles. The summed E-state index contributed by atoms with van der Waals surface area (Å²) in [7, 11) is 0. The zero-order valence-corrected chi connectivity index (χ0v) is 20.3. The van der Waals surface area contributed by atoms with E-state index in [0.717, 1.165) is 28.8 Å². The second-order valence-corrected chi connectivity index (χ2v) is 9.71. The van der Waals surface area contributed by atoms with E-state index in [2.05, 4.69) is 4.98 Å². The Morgan fingerprint density at radius 3 is 2.64 bits per heavy atom. The van der Waals surface area contributed by atoms with E-state index < -0.39 is 18.1 Å². The Balaban J connectivity index is 0.000000187. The van der Waals surface area contributed by atoms with Crippen LogP contribution in [0, 0.1) is 0 Å². The number of ether oxygens (including phenoxy) is 1. The van der Waals surface area contributed by atoms with Crippen molar-refractivity contribution in [1.29, 1.82) is 0 Å². The summed E-state index contributed by atoms with van der Waals surface area (Å²) in [6.45, 7) is 0.644. The van der Waals surface area contributed by atoms with Crippen molar-refractivity contribution in [2.45, 2.75) is 37.5 Å². The number of fused-ring (bicyclic) bond motifs is 1. The predicted octanol–water partition coefficient (Wildman–Crippen LogP) is 2.73. The summed E-state index contributed by atoms with van der Waals surface area (Å²) in [4.78, 5) is 42.0. The van der Waals surface area contributed by atoms with Crippen molar-refractivity contribution in [3.05, 3.63) is 71.4 Å². The van der Waals surface area contributed by atoms with Gasteiger partial charge in [0.05, 0.1) is 12.1 Å². The van der Waals surface area contributed by atoms with E-state index in [1.807, 2.05) is 12.1 Å². The van der Waals surface area contributed by atoms with Crippen LogP contribution in [0.25, 0.3) is 10.4 Å². The van der Waals surface area contributed by atoms with Crippen molar-refractivity contribution in [1.82, 2.24) is 9.88 Å². The third-order valence-electron chi connectivity index (χ3n) is 6.10. The number of nitrogens with zero attached hydrogens (tertiary/aromatic N) is 2. The standard InChI is InChI=1S/C16H20N2O4.C10H7NO2S/c17-12(8-10-3-5-11(19)6-4-10)16(21)18-7-1-2-14-15(18)13(20)9-22-14;12-10(13)9-4-3-8(14-9)7-2-1-5-11-6-7/h3-6,12,14-15,19H,1-2,7-9,17H2;1-6H,(H,12,13). The van der Waals surface area contributed by atoms with E-state index in [1.165, 1.54) is 11.3 Å². The van der Waals surface area contributed by atoms with E-state index >= 15 is 0 Å². The van der Waals surface area contributed by atoms with Gasteiger partial charge in [-0.15, -0.1) is 11.3 Å². The Labute approximate surface area is 212 Å². The zero-order valence-electron chi connectivity index (χ0n) is 19.4. The molecular formula is C26H27N3O6S. The maximum Gasteiger partial charge on any atom is 0.345 e. The first kappa shape index (κ1) is 25.5. The number of carbonyl (C=O) groups excluding carboxylic acids is 2. The maximum atomic E-state index is 12.6. The molecular weight excluding hydrogens is 482 g/mol.